The minimum absolute atomic E-state index is 0.00620. The highest BCUT2D eigenvalue weighted by Crippen LogP contribution is 2.40. The number of nitrogens with zero attached hydrogens (tertiary/aromatic N) is 1. The van der Waals surface area contributed by atoms with E-state index in [1.807, 2.05) is 4.90 Å². The first kappa shape index (κ1) is 14.1. The smallest absolute Gasteiger partial charge is 0.335 e. The zero-order valence-corrected chi connectivity index (χ0v) is 11.9. The molecule has 5 nitrogen and oxygen atoms in total. The Hall–Kier alpha value is -1.88. The average Bonchev–Trinajstić information content (AvgIpc) is 2.45. The number of hydrogen-bond acceptors (Lipinski definition) is 3. The third-order valence-electron chi connectivity index (χ3n) is 4.58. The molecule has 1 saturated heterocycles. The standard InChI is InChI=1S/C16H19NO4/c18-14(10-12-4-1-2-5-13(12)15(19)20)17-8-9-21-11-16(17)6-3-7-16/h1-2,4-5H,3,6-11H2,(H,19,20). The second-order valence-electron chi connectivity index (χ2n) is 5.81. The summed E-state index contributed by atoms with van der Waals surface area (Å²) in [6.07, 6.45) is 3.24. The van der Waals surface area contributed by atoms with Crippen molar-refractivity contribution in [3.8, 4) is 0 Å². The third kappa shape index (κ3) is 2.53. The van der Waals surface area contributed by atoms with Crippen molar-refractivity contribution in [2.75, 3.05) is 19.8 Å². The molecule has 0 unspecified atom stereocenters. The predicted molar refractivity (Wildman–Crippen MR) is 76.2 cm³/mol. The maximum absolute atomic E-state index is 12.6. The number of amides is 1. The van der Waals surface area contributed by atoms with Crippen LogP contribution in [0.4, 0.5) is 0 Å². The Labute approximate surface area is 123 Å². The van der Waals surface area contributed by atoms with E-state index in [9.17, 15) is 14.7 Å². The topological polar surface area (TPSA) is 66.8 Å². The van der Waals surface area contributed by atoms with Gasteiger partial charge in [-0.05, 0) is 30.9 Å². The maximum atomic E-state index is 12.6. The van der Waals surface area contributed by atoms with Crippen molar-refractivity contribution in [3.05, 3.63) is 35.4 Å². The van der Waals surface area contributed by atoms with Crippen LogP contribution in [0.15, 0.2) is 24.3 Å². The number of carbonyl (C=O) groups is 2. The summed E-state index contributed by atoms with van der Waals surface area (Å²) in [5, 5.41) is 9.20. The number of hydrogen-bond donors (Lipinski definition) is 1. The van der Waals surface area contributed by atoms with Crippen molar-refractivity contribution in [1.29, 1.82) is 0 Å². The second kappa shape index (κ2) is 5.48. The normalized spacial score (nSPS) is 20.1. The van der Waals surface area contributed by atoms with E-state index in [0.29, 0.717) is 25.3 Å². The van der Waals surface area contributed by atoms with Crippen LogP contribution in [0.5, 0.6) is 0 Å². The lowest BCUT2D eigenvalue weighted by Crippen LogP contribution is -2.63. The first-order valence-electron chi connectivity index (χ1n) is 7.32. The summed E-state index contributed by atoms with van der Waals surface area (Å²) < 4.78 is 5.53. The molecule has 2 fully saturated rings. The first-order valence-corrected chi connectivity index (χ1v) is 7.32. The van der Waals surface area contributed by atoms with Crippen molar-refractivity contribution in [3.63, 3.8) is 0 Å². The molecule has 5 heteroatoms. The number of aromatic carboxylic acids is 1. The molecule has 1 spiro atoms. The first-order chi connectivity index (χ1) is 10.1. The Morgan fingerprint density at radius 2 is 2.05 bits per heavy atom. The lowest BCUT2D eigenvalue weighted by Gasteiger charge is -2.52. The van der Waals surface area contributed by atoms with Gasteiger partial charge in [-0.25, -0.2) is 4.79 Å². The van der Waals surface area contributed by atoms with Crippen LogP contribution in [0.25, 0.3) is 0 Å². The molecule has 1 heterocycles. The Morgan fingerprint density at radius 3 is 2.71 bits per heavy atom. The number of morpholine rings is 1. The van der Waals surface area contributed by atoms with E-state index in [-0.39, 0.29) is 23.4 Å². The van der Waals surface area contributed by atoms with Crippen LogP contribution in [-0.2, 0) is 16.0 Å². The summed E-state index contributed by atoms with van der Waals surface area (Å²) in [4.78, 5) is 25.8. The fourth-order valence-electron chi connectivity index (χ4n) is 3.26. The highest BCUT2D eigenvalue weighted by Gasteiger charge is 2.46. The van der Waals surface area contributed by atoms with E-state index >= 15 is 0 Å². The Bertz CT molecular complexity index is 565. The van der Waals surface area contributed by atoms with Gasteiger partial charge in [0.05, 0.1) is 30.7 Å². The lowest BCUT2D eigenvalue weighted by molar-refractivity contribution is -0.157. The van der Waals surface area contributed by atoms with E-state index in [2.05, 4.69) is 0 Å². The van der Waals surface area contributed by atoms with Crippen molar-refractivity contribution in [2.24, 2.45) is 0 Å². The molecule has 0 aromatic heterocycles. The van der Waals surface area contributed by atoms with Gasteiger partial charge in [0, 0.05) is 6.54 Å². The zero-order chi connectivity index (χ0) is 14.9. The summed E-state index contributed by atoms with van der Waals surface area (Å²) in [6.45, 7) is 1.78. The number of carboxylic acid groups (broad SMARTS) is 1. The zero-order valence-electron chi connectivity index (χ0n) is 11.9. The molecule has 3 rings (SSSR count). The lowest BCUT2D eigenvalue weighted by atomic mass is 9.75. The maximum Gasteiger partial charge on any atom is 0.335 e. The SMILES string of the molecule is O=C(O)c1ccccc1CC(=O)N1CCOCC12CCC2. The molecule has 0 atom stereocenters. The van der Waals surface area contributed by atoms with E-state index in [1.54, 1.807) is 24.3 Å². The van der Waals surface area contributed by atoms with Gasteiger partial charge in [0.2, 0.25) is 5.91 Å². The van der Waals surface area contributed by atoms with Crippen LogP contribution in [0, 0.1) is 0 Å². The molecule has 1 amide bonds. The minimum Gasteiger partial charge on any atom is -0.478 e. The predicted octanol–water partition coefficient (Wildman–Crippen LogP) is 1.71. The van der Waals surface area contributed by atoms with E-state index < -0.39 is 5.97 Å². The quantitative estimate of drug-likeness (QED) is 0.920. The Kier molecular flexibility index (Phi) is 3.68. The van der Waals surface area contributed by atoms with Gasteiger partial charge in [0.25, 0.3) is 0 Å². The molecule has 1 N–H and O–H groups in total. The van der Waals surface area contributed by atoms with Gasteiger partial charge in [-0.3, -0.25) is 4.79 Å². The van der Waals surface area contributed by atoms with Gasteiger partial charge in [0.15, 0.2) is 0 Å². The van der Waals surface area contributed by atoms with Crippen LogP contribution in [-0.4, -0.2) is 47.2 Å². The van der Waals surface area contributed by atoms with Crippen LogP contribution >= 0.6 is 0 Å². The average molecular weight is 289 g/mol. The number of benzene rings is 1. The van der Waals surface area contributed by atoms with E-state index in [4.69, 9.17) is 4.74 Å². The van der Waals surface area contributed by atoms with Crippen LogP contribution < -0.4 is 0 Å². The molecule has 21 heavy (non-hydrogen) atoms. The van der Waals surface area contributed by atoms with E-state index in [1.165, 1.54) is 0 Å². The number of carbonyl (C=O) groups excluding carboxylic acids is 1. The molecule has 1 saturated carbocycles. The molecule has 2 aliphatic rings. The Morgan fingerprint density at radius 1 is 1.29 bits per heavy atom. The monoisotopic (exact) mass is 289 g/mol. The summed E-state index contributed by atoms with van der Waals surface area (Å²) in [5.74, 6) is -0.981. The molecule has 1 aromatic rings. The molecular formula is C16H19NO4. The van der Waals surface area contributed by atoms with Gasteiger partial charge < -0.3 is 14.7 Å². The summed E-state index contributed by atoms with van der Waals surface area (Å²) in [7, 11) is 0. The molecular weight excluding hydrogens is 270 g/mol. The molecule has 112 valence electrons. The van der Waals surface area contributed by atoms with Crippen molar-refractivity contribution >= 4 is 11.9 Å². The molecule has 0 bridgehead atoms. The van der Waals surface area contributed by atoms with Crippen LogP contribution in [0.2, 0.25) is 0 Å². The van der Waals surface area contributed by atoms with Crippen molar-refractivity contribution in [1.82, 2.24) is 4.90 Å². The van der Waals surface area contributed by atoms with E-state index in [0.717, 1.165) is 19.3 Å². The second-order valence-corrected chi connectivity index (χ2v) is 5.81. The van der Waals surface area contributed by atoms with Gasteiger partial charge in [-0.15, -0.1) is 0 Å². The van der Waals surface area contributed by atoms with Crippen LogP contribution in [0.1, 0.15) is 35.2 Å². The third-order valence-corrected chi connectivity index (χ3v) is 4.58. The summed E-state index contributed by atoms with van der Waals surface area (Å²) in [6, 6.07) is 6.71. The van der Waals surface area contributed by atoms with Crippen molar-refractivity contribution < 1.29 is 19.4 Å². The van der Waals surface area contributed by atoms with Gasteiger partial charge in [-0.1, -0.05) is 18.2 Å². The number of ether oxygens (including phenoxy) is 1. The summed E-state index contributed by atoms with van der Waals surface area (Å²) in [5.41, 5.74) is 0.658. The fraction of sp³-hybridized carbons (Fsp3) is 0.500. The van der Waals surface area contributed by atoms with Gasteiger partial charge in [0.1, 0.15) is 0 Å². The fourth-order valence-corrected chi connectivity index (χ4v) is 3.26. The highest BCUT2D eigenvalue weighted by molar-refractivity contribution is 5.91. The number of carboxylic acids is 1. The molecule has 0 radical (unpaired) electrons. The Balaban J connectivity index is 1.78. The molecule has 1 aliphatic carbocycles. The molecule has 1 aliphatic heterocycles. The highest BCUT2D eigenvalue weighted by atomic mass is 16.5. The van der Waals surface area contributed by atoms with Gasteiger partial charge in [-0.2, -0.15) is 0 Å². The molecule has 1 aromatic carbocycles. The van der Waals surface area contributed by atoms with Gasteiger partial charge >= 0.3 is 5.97 Å². The number of rotatable bonds is 3. The van der Waals surface area contributed by atoms with Crippen molar-refractivity contribution in [2.45, 2.75) is 31.2 Å². The van der Waals surface area contributed by atoms with Crippen LogP contribution in [0.3, 0.4) is 0 Å². The largest absolute Gasteiger partial charge is 0.478 e. The summed E-state index contributed by atoms with van der Waals surface area (Å²) >= 11 is 0. The minimum atomic E-state index is -0.987.